The predicted molar refractivity (Wildman–Crippen MR) is 120 cm³/mol. The molecule has 1 aromatic carbocycles. The van der Waals surface area contributed by atoms with Crippen LogP contribution in [0.3, 0.4) is 0 Å². The molecule has 0 spiro atoms. The third-order valence-corrected chi connectivity index (χ3v) is 6.62. The third-order valence-electron chi connectivity index (χ3n) is 6.62. The standard InChI is InChI=1S/C25H28N4O/c1-3-28(4-2)25(30)19-11-21-20-8-5-9-22-24(20)18(14-27-22)12-23(21)29(16-19)15-17-7-6-10-26-13-17/h5-11,13-14,19,23,27H,3-4,12,15-16H2,1-2H3/t19-,23-/m1/s1. The van der Waals surface area contributed by atoms with Crippen LogP contribution in [0.1, 0.15) is 30.5 Å². The van der Waals surface area contributed by atoms with Gasteiger partial charge in [0.1, 0.15) is 0 Å². The van der Waals surface area contributed by atoms with Crippen molar-refractivity contribution in [3.63, 3.8) is 0 Å². The van der Waals surface area contributed by atoms with Gasteiger partial charge in [0.2, 0.25) is 5.91 Å². The zero-order chi connectivity index (χ0) is 20.7. The number of nitrogens with zero attached hydrogens (tertiary/aromatic N) is 3. The van der Waals surface area contributed by atoms with E-state index in [0.29, 0.717) is 0 Å². The number of amides is 1. The molecule has 1 aliphatic carbocycles. The van der Waals surface area contributed by atoms with Crippen molar-refractivity contribution in [2.45, 2.75) is 32.9 Å². The van der Waals surface area contributed by atoms with Gasteiger partial charge < -0.3 is 9.88 Å². The molecular weight excluding hydrogens is 372 g/mol. The SMILES string of the molecule is CCN(CC)C(=O)[C@@H]1C=C2c3cccc4[nH]cc(c34)C[C@H]2N(Cc2cccnc2)C1. The fraction of sp³-hybridized carbons (Fsp3) is 0.360. The van der Waals surface area contributed by atoms with Crippen LogP contribution in [0.2, 0.25) is 0 Å². The molecule has 0 saturated carbocycles. The first-order valence-electron chi connectivity index (χ1n) is 10.9. The monoisotopic (exact) mass is 400 g/mol. The Labute approximate surface area is 177 Å². The lowest BCUT2D eigenvalue weighted by Gasteiger charge is -2.42. The highest BCUT2D eigenvalue weighted by atomic mass is 16.2. The summed E-state index contributed by atoms with van der Waals surface area (Å²) < 4.78 is 0. The number of aromatic amines is 1. The molecular formula is C25H28N4O. The maximum atomic E-state index is 13.3. The number of hydrogen-bond acceptors (Lipinski definition) is 3. The number of pyridine rings is 1. The van der Waals surface area contributed by atoms with Crippen molar-refractivity contribution in [3.8, 4) is 0 Å². The molecule has 0 saturated heterocycles. The maximum Gasteiger partial charge on any atom is 0.230 e. The highest BCUT2D eigenvalue weighted by molar-refractivity contribution is 5.99. The van der Waals surface area contributed by atoms with Crippen LogP contribution in [0.4, 0.5) is 0 Å². The van der Waals surface area contributed by atoms with Crippen LogP contribution in [0, 0.1) is 5.92 Å². The Kier molecular flexibility index (Phi) is 4.91. The van der Waals surface area contributed by atoms with E-state index in [-0.39, 0.29) is 17.9 Å². The topological polar surface area (TPSA) is 52.2 Å². The molecule has 154 valence electrons. The highest BCUT2D eigenvalue weighted by Gasteiger charge is 2.38. The van der Waals surface area contributed by atoms with E-state index in [2.05, 4.69) is 65.3 Å². The minimum Gasteiger partial charge on any atom is -0.361 e. The summed E-state index contributed by atoms with van der Waals surface area (Å²) in [6, 6.07) is 10.8. The van der Waals surface area contributed by atoms with Crippen LogP contribution < -0.4 is 0 Å². The van der Waals surface area contributed by atoms with Gasteiger partial charge in [-0.15, -0.1) is 0 Å². The molecule has 0 radical (unpaired) electrons. The second-order valence-electron chi connectivity index (χ2n) is 8.29. The second kappa shape index (κ2) is 7.73. The molecule has 1 amide bonds. The first kappa shape index (κ1) is 19.1. The summed E-state index contributed by atoms with van der Waals surface area (Å²) in [7, 11) is 0. The van der Waals surface area contributed by atoms with Gasteiger partial charge in [0.05, 0.1) is 5.92 Å². The third kappa shape index (κ3) is 3.14. The van der Waals surface area contributed by atoms with Crippen LogP contribution in [-0.4, -0.2) is 51.4 Å². The highest BCUT2D eigenvalue weighted by Crippen LogP contribution is 2.41. The van der Waals surface area contributed by atoms with Crippen LogP contribution >= 0.6 is 0 Å². The fourth-order valence-electron chi connectivity index (χ4n) is 5.15. The number of carbonyl (C=O) groups excluding carboxylic acids is 1. The average Bonchev–Trinajstić information content (AvgIpc) is 3.20. The van der Waals surface area contributed by atoms with E-state index in [9.17, 15) is 4.79 Å². The van der Waals surface area contributed by atoms with E-state index >= 15 is 0 Å². The molecule has 2 aliphatic rings. The Morgan fingerprint density at radius 1 is 1.23 bits per heavy atom. The first-order valence-corrected chi connectivity index (χ1v) is 10.9. The van der Waals surface area contributed by atoms with Gasteiger partial charge in [-0.05, 0) is 54.7 Å². The number of hydrogen-bond donors (Lipinski definition) is 1. The molecule has 5 rings (SSSR count). The molecule has 3 aromatic rings. The normalized spacial score (nSPS) is 20.7. The number of carbonyl (C=O) groups is 1. The lowest BCUT2D eigenvalue weighted by molar-refractivity contribution is -0.134. The summed E-state index contributed by atoms with van der Waals surface area (Å²) in [5.41, 5.74) is 6.30. The Morgan fingerprint density at radius 2 is 2.10 bits per heavy atom. The zero-order valence-corrected chi connectivity index (χ0v) is 17.6. The molecule has 0 bridgehead atoms. The Balaban J connectivity index is 1.58. The average molecular weight is 401 g/mol. The van der Waals surface area contributed by atoms with Crippen LogP contribution in [0.5, 0.6) is 0 Å². The van der Waals surface area contributed by atoms with Gasteiger partial charge in [-0.2, -0.15) is 0 Å². The number of rotatable bonds is 5. The fourth-order valence-corrected chi connectivity index (χ4v) is 5.15. The van der Waals surface area contributed by atoms with Gasteiger partial charge in [-0.3, -0.25) is 14.7 Å². The van der Waals surface area contributed by atoms with Crippen molar-refractivity contribution in [1.82, 2.24) is 19.8 Å². The number of fused-ring (bicyclic) bond motifs is 2. The molecule has 3 heterocycles. The largest absolute Gasteiger partial charge is 0.361 e. The van der Waals surface area contributed by atoms with Gasteiger partial charge in [0.15, 0.2) is 0 Å². The molecule has 5 heteroatoms. The molecule has 2 atom stereocenters. The van der Waals surface area contributed by atoms with Gasteiger partial charge in [0.25, 0.3) is 0 Å². The van der Waals surface area contributed by atoms with Crippen molar-refractivity contribution in [1.29, 1.82) is 0 Å². The minimum atomic E-state index is -0.122. The van der Waals surface area contributed by atoms with Crippen LogP contribution in [0.25, 0.3) is 16.5 Å². The lowest BCUT2D eigenvalue weighted by Crippen LogP contribution is -2.48. The number of H-pyrrole nitrogens is 1. The van der Waals surface area contributed by atoms with Crippen molar-refractivity contribution in [3.05, 3.63) is 71.7 Å². The van der Waals surface area contributed by atoms with Crippen LogP contribution in [0.15, 0.2) is 55.0 Å². The van der Waals surface area contributed by atoms with E-state index in [1.54, 1.807) is 0 Å². The molecule has 1 N–H and O–H groups in total. The Morgan fingerprint density at radius 3 is 2.87 bits per heavy atom. The van der Waals surface area contributed by atoms with E-state index in [0.717, 1.165) is 32.6 Å². The lowest BCUT2D eigenvalue weighted by atomic mass is 9.79. The number of aromatic nitrogens is 2. The summed E-state index contributed by atoms with van der Waals surface area (Å²) in [5.74, 6) is 0.109. The van der Waals surface area contributed by atoms with Crippen molar-refractivity contribution < 1.29 is 4.79 Å². The molecule has 0 unspecified atom stereocenters. The van der Waals surface area contributed by atoms with Gasteiger partial charge >= 0.3 is 0 Å². The first-order chi connectivity index (χ1) is 14.7. The summed E-state index contributed by atoms with van der Waals surface area (Å²) >= 11 is 0. The summed E-state index contributed by atoms with van der Waals surface area (Å²) in [4.78, 5) is 25.5. The Bertz CT molecular complexity index is 1100. The molecule has 1 aliphatic heterocycles. The molecule has 30 heavy (non-hydrogen) atoms. The smallest absolute Gasteiger partial charge is 0.230 e. The summed E-state index contributed by atoms with van der Waals surface area (Å²) in [5, 5.41) is 1.32. The van der Waals surface area contributed by atoms with Crippen molar-refractivity contribution in [2.24, 2.45) is 5.92 Å². The van der Waals surface area contributed by atoms with E-state index in [4.69, 9.17) is 0 Å². The zero-order valence-electron chi connectivity index (χ0n) is 17.6. The van der Waals surface area contributed by atoms with Gasteiger partial charge in [-0.1, -0.05) is 24.3 Å². The quantitative estimate of drug-likeness (QED) is 0.707. The summed E-state index contributed by atoms with van der Waals surface area (Å²) in [6.07, 6.45) is 9.13. The van der Waals surface area contributed by atoms with E-state index in [1.807, 2.05) is 23.4 Å². The maximum absolute atomic E-state index is 13.3. The van der Waals surface area contributed by atoms with Crippen molar-refractivity contribution in [2.75, 3.05) is 19.6 Å². The minimum absolute atomic E-state index is 0.122. The van der Waals surface area contributed by atoms with E-state index in [1.165, 1.54) is 33.2 Å². The summed E-state index contributed by atoms with van der Waals surface area (Å²) in [6.45, 7) is 7.15. The van der Waals surface area contributed by atoms with Crippen molar-refractivity contribution >= 4 is 22.4 Å². The van der Waals surface area contributed by atoms with Gasteiger partial charge in [-0.25, -0.2) is 0 Å². The number of benzene rings is 1. The Hall–Kier alpha value is -2.92. The predicted octanol–water partition coefficient (Wildman–Crippen LogP) is 3.87. The second-order valence-corrected chi connectivity index (χ2v) is 8.29. The molecule has 0 fully saturated rings. The molecule has 2 aromatic heterocycles. The van der Waals surface area contributed by atoms with Gasteiger partial charge in [0, 0.05) is 61.7 Å². The molecule has 5 nitrogen and oxygen atoms in total. The van der Waals surface area contributed by atoms with E-state index < -0.39 is 0 Å². The van der Waals surface area contributed by atoms with Crippen LogP contribution in [-0.2, 0) is 17.8 Å². The number of nitrogens with one attached hydrogen (secondary N) is 1.